The molecule has 3 fully saturated rings. The highest BCUT2D eigenvalue weighted by Crippen LogP contribution is 2.68. The Morgan fingerprint density at radius 2 is 2.00 bits per heavy atom. The van der Waals surface area contributed by atoms with Gasteiger partial charge >= 0.3 is 5.97 Å². The van der Waals surface area contributed by atoms with Gasteiger partial charge in [-0.2, -0.15) is 0 Å². The van der Waals surface area contributed by atoms with Crippen molar-refractivity contribution in [1.82, 2.24) is 0 Å². The van der Waals surface area contributed by atoms with E-state index in [-0.39, 0.29) is 11.7 Å². The van der Waals surface area contributed by atoms with E-state index in [1.54, 1.807) is 19.1 Å². The van der Waals surface area contributed by atoms with E-state index in [1.807, 2.05) is 26.0 Å². The monoisotopic (exact) mass is 414 g/mol. The number of aliphatic hydroxyl groups is 1. The van der Waals surface area contributed by atoms with Crippen LogP contribution in [0.3, 0.4) is 0 Å². The van der Waals surface area contributed by atoms with Crippen LogP contribution in [0.2, 0.25) is 0 Å². The molecular formula is C25H34O5. The number of carbonyl (C=O) groups is 2. The second-order valence-corrected chi connectivity index (χ2v) is 9.33. The van der Waals surface area contributed by atoms with Crippen molar-refractivity contribution < 1.29 is 24.2 Å². The molecule has 2 saturated carbocycles. The molecule has 0 aromatic rings. The minimum Gasteiger partial charge on any atom is -0.456 e. The second kappa shape index (κ2) is 8.27. The molecule has 2 aliphatic carbocycles. The van der Waals surface area contributed by atoms with Gasteiger partial charge in [0.2, 0.25) is 0 Å². The zero-order chi connectivity index (χ0) is 22.2. The Hall–Kier alpha value is -1.98. The van der Waals surface area contributed by atoms with E-state index in [4.69, 9.17) is 9.47 Å². The molecule has 3 rings (SSSR count). The zero-order valence-corrected chi connectivity index (χ0v) is 18.5. The maximum Gasteiger partial charge on any atom is 0.331 e. The minimum absolute atomic E-state index is 0.0175. The smallest absolute Gasteiger partial charge is 0.331 e. The highest BCUT2D eigenvalue weighted by molar-refractivity contribution is 5.93. The molecule has 3 aliphatic rings. The van der Waals surface area contributed by atoms with Crippen molar-refractivity contribution >= 4 is 11.8 Å². The van der Waals surface area contributed by atoms with E-state index in [0.717, 1.165) is 18.4 Å². The van der Waals surface area contributed by atoms with Crippen LogP contribution < -0.4 is 0 Å². The largest absolute Gasteiger partial charge is 0.456 e. The fourth-order valence-electron chi connectivity index (χ4n) is 5.19. The number of ether oxygens (including phenoxy) is 2. The molecule has 5 heteroatoms. The fourth-order valence-corrected chi connectivity index (χ4v) is 5.19. The molecule has 0 amide bonds. The Kier molecular flexibility index (Phi) is 6.26. The highest BCUT2D eigenvalue weighted by Gasteiger charge is 2.82. The Balaban J connectivity index is 1.75. The van der Waals surface area contributed by atoms with Crippen LogP contribution in [0.5, 0.6) is 0 Å². The van der Waals surface area contributed by atoms with E-state index in [2.05, 4.69) is 19.6 Å². The highest BCUT2D eigenvalue weighted by atomic mass is 16.7. The van der Waals surface area contributed by atoms with Crippen LogP contribution in [0.15, 0.2) is 48.6 Å². The predicted molar refractivity (Wildman–Crippen MR) is 116 cm³/mol. The number of unbranched alkanes of at least 4 members (excludes halogenated alkanes) is 1. The molecule has 0 aromatic heterocycles. The Morgan fingerprint density at radius 1 is 1.30 bits per heavy atom. The van der Waals surface area contributed by atoms with E-state index in [9.17, 15) is 14.7 Å². The lowest BCUT2D eigenvalue weighted by Gasteiger charge is -2.55. The van der Waals surface area contributed by atoms with Crippen molar-refractivity contribution in [2.75, 3.05) is 0 Å². The van der Waals surface area contributed by atoms with Crippen LogP contribution in [-0.4, -0.2) is 40.3 Å². The molecule has 1 spiro atoms. The third-order valence-corrected chi connectivity index (χ3v) is 7.29. The summed E-state index contributed by atoms with van der Waals surface area (Å²) >= 11 is 0. The minimum atomic E-state index is -1.03. The molecular weight excluding hydrogens is 380 g/mol. The first-order chi connectivity index (χ1) is 14.1. The molecule has 164 valence electrons. The summed E-state index contributed by atoms with van der Waals surface area (Å²) in [6.07, 6.45) is 13.0. The molecule has 1 N–H and O–H groups in total. The van der Waals surface area contributed by atoms with Gasteiger partial charge in [0.25, 0.3) is 0 Å². The van der Waals surface area contributed by atoms with Crippen LogP contribution in [0.1, 0.15) is 59.8 Å². The Morgan fingerprint density at radius 3 is 2.67 bits per heavy atom. The molecule has 0 bridgehead atoms. The van der Waals surface area contributed by atoms with E-state index < -0.39 is 34.8 Å². The summed E-state index contributed by atoms with van der Waals surface area (Å²) in [5.74, 6) is -0.831. The lowest BCUT2D eigenvalue weighted by atomic mass is 9.50. The third kappa shape index (κ3) is 3.63. The van der Waals surface area contributed by atoms with Crippen molar-refractivity contribution in [3.05, 3.63) is 48.6 Å². The first kappa shape index (κ1) is 22.7. The van der Waals surface area contributed by atoms with Gasteiger partial charge in [0.1, 0.15) is 11.7 Å². The van der Waals surface area contributed by atoms with E-state index in [1.165, 1.54) is 6.08 Å². The van der Waals surface area contributed by atoms with Crippen LogP contribution >= 0.6 is 0 Å². The first-order valence-corrected chi connectivity index (χ1v) is 10.9. The summed E-state index contributed by atoms with van der Waals surface area (Å²) in [6, 6.07) is 0. The number of rotatable bonds is 7. The molecule has 0 radical (unpaired) electrons. The number of hydrogen-bond acceptors (Lipinski definition) is 5. The Bertz CT molecular complexity index is 804. The van der Waals surface area contributed by atoms with Crippen molar-refractivity contribution in [2.45, 2.75) is 83.2 Å². The van der Waals surface area contributed by atoms with E-state index >= 15 is 0 Å². The van der Waals surface area contributed by atoms with Crippen molar-refractivity contribution in [2.24, 2.45) is 11.3 Å². The standard InChI is InChI=1S/C25H34O5/c1-6-7-8-9-10-11-12-13-20(26)29-19-14-15-24(5,28)23(4)16-18(17(2)3)21(27)22-25(19,23)30-22/h8-13,18-19,22,28H,2,6-7,14-16H2,1,3-5H3/b9-8+,11-10+,13-12+/t18-,19+,22+,23+,24+,25+/m0/s1. The van der Waals surface area contributed by atoms with Crippen LogP contribution in [-0.2, 0) is 19.1 Å². The van der Waals surface area contributed by atoms with Gasteiger partial charge in [0.15, 0.2) is 11.9 Å². The number of esters is 1. The number of allylic oxidation sites excluding steroid dienone is 6. The van der Waals surface area contributed by atoms with Gasteiger partial charge in [-0.15, -0.1) is 0 Å². The van der Waals surface area contributed by atoms with Gasteiger partial charge < -0.3 is 14.6 Å². The average Bonchev–Trinajstić information content (AvgIpc) is 3.44. The normalized spacial score (nSPS) is 40.6. The van der Waals surface area contributed by atoms with Gasteiger partial charge in [0, 0.05) is 17.4 Å². The fraction of sp³-hybridized carbons (Fsp3) is 0.600. The van der Waals surface area contributed by atoms with Gasteiger partial charge in [-0.05, 0) is 39.5 Å². The third-order valence-electron chi connectivity index (χ3n) is 7.29. The number of ketones is 1. The summed E-state index contributed by atoms with van der Waals surface area (Å²) in [4.78, 5) is 25.3. The predicted octanol–water partition coefficient (Wildman–Crippen LogP) is 4.22. The summed E-state index contributed by atoms with van der Waals surface area (Å²) < 4.78 is 11.8. The number of hydrogen-bond donors (Lipinski definition) is 1. The maximum absolute atomic E-state index is 12.9. The molecule has 0 unspecified atom stereocenters. The number of Topliss-reactive ketones (excluding diaryl/α,β-unsaturated/α-hetero) is 1. The average molecular weight is 415 g/mol. The van der Waals surface area contributed by atoms with Crippen molar-refractivity contribution in [3.63, 3.8) is 0 Å². The van der Waals surface area contributed by atoms with Crippen LogP contribution in [0, 0.1) is 11.3 Å². The topological polar surface area (TPSA) is 76.1 Å². The Labute approximate surface area is 179 Å². The number of carbonyl (C=O) groups excluding carboxylic acids is 2. The summed E-state index contributed by atoms with van der Waals surface area (Å²) in [5.41, 5.74) is -1.91. The second-order valence-electron chi connectivity index (χ2n) is 9.33. The maximum atomic E-state index is 12.9. The first-order valence-electron chi connectivity index (χ1n) is 10.9. The van der Waals surface area contributed by atoms with Gasteiger partial charge in [-0.3, -0.25) is 4.79 Å². The molecule has 1 heterocycles. The molecule has 30 heavy (non-hydrogen) atoms. The van der Waals surface area contributed by atoms with Crippen LogP contribution in [0.4, 0.5) is 0 Å². The molecule has 1 saturated heterocycles. The summed E-state index contributed by atoms with van der Waals surface area (Å²) in [6.45, 7) is 11.7. The number of epoxide rings is 1. The quantitative estimate of drug-likeness (QED) is 0.222. The van der Waals surface area contributed by atoms with Gasteiger partial charge in [0.05, 0.1) is 5.60 Å². The lowest BCUT2D eigenvalue weighted by molar-refractivity contribution is -0.197. The van der Waals surface area contributed by atoms with Crippen LogP contribution in [0.25, 0.3) is 0 Å². The van der Waals surface area contributed by atoms with E-state index in [0.29, 0.717) is 19.3 Å². The summed E-state index contributed by atoms with van der Waals surface area (Å²) in [5, 5.41) is 11.2. The zero-order valence-electron chi connectivity index (χ0n) is 18.5. The molecule has 6 atom stereocenters. The lowest BCUT2D eigenvalue weighted by Crippen LogP contribution is -2.67. The molecule has 5 nitrogen and oxygen atoms in total. The van der Waals surface area contributed by atoms with Gasteiger partial charge in [-0.1, -0.05) is 62.8 Å². The summed E-state index contributed by atoms with van der Waals surface area (Å²) in [7, 11) is 0. The van der Waals surface area contributed by atoms with Crippen molar-refractivity contribution in [1.29, 1.82) is 0 Å². The molecule has 0 aromatic carbocycles. The van der Waals surface area contributed by atoms with Crippen molar-refractivity contribution in [3.8, 4) is 0 Å². The molecule has 1 aliphatic heterocycles. The van der Waals surface area contributed by atoms with Gasteiger partial charge in [-0.25, -0.2) is 4.79 Å². The SMILES string of the molecule is C=C(C)[C@@H]1C[C@@]2(C)[C@@]3(O[C@@H]3C1=O)[C@H](OC(=O)/C=C/C=C/C=C/CCC)CC[C@@]2(C)O.